The number of carbonyl (C=O) groups is 1. The molecule has 0 N–H and O–H groups in total. The van der Waals surface area contributed by atoms with Crippen molar-refractivity contribution in [3.05, 3.63) is 22.4 Å². The van der Waals surface area contributed by atoms with Crippen molar-refractivity contribution in [3.63, 3.8) is 0 Å². The van der Waals surface area contributed by atoms with Crippen molar-refractivity contribution in [2.45, 2.75) is 11.8 Å². The van der Waals surface area contributed by atoms with Crippen LogP contribution in [0.25, 0.3) is 0 Å². The maximum absolute atomic E-state index is 11.9. The van der Waals surface area contributed by atoms with E-state index >= 15 is 0 Å². The molecule has 1 saturated heterocycles. The highest BCUT2D eigenvalue weighted by Crippen LogP contribution is 2.39. The van der Waals surface area contributed by atoms with Gasteiger partial charge in [-0.1, -0.05) is 0 Å². The van der Waals surface area contributed by atoms with Crippen molar-refractivity contribution >= 4 is 29.0 Å². The first kappa shape index (κ1) is 12.9. The summed E-state index contributed by atoms with van der Waals surface area (Å²) in [5.41, 5.74) is 1.27. The first-order valence-electron chi connectivity index (χ1n) is 5.76. The van der Waals surface area contributed by atoms with Crippen molar-refractivity contribution < 1.29 is 4.79 Å². The average molecular weight is 270 g/mol. The van der Waals surface area contributed by atoms with Gasteiger partial charge in [0.05, 0.1) is 5.75 Å². The van der Waals surface area contributed by atoms with Crippen LogP contribution in [-0.2, 0) is 4.79 Å². The van der Waals surface area contributed by atoms with Gasteiger partial charge in [0.2, 0.25) is 5.91 Å². The van der Waals surface area contributed by atoms with E-state index in [1.807, 2.05) is 4.90 Å². The molecule has 3 nitrogen and oxygen atoms in total. The molecule has 1 aromatic heterocycles. The highest BCUT2D eigenvalue weighted by molar-refractivity contribution is 8.00. The van der Waals surface area contributed by atoms with Crippen LogP contribution in [0.2, 0.25) is 0 Å². The zero-order valence-electron chi connectivity index (χ0n) is 10.3. The number of carbonyl (C=O) groups excluding carboxylic acids is 1. The minimum Gasteiger partial charge on any atom is -0.326 e. The van der Waals surface area contributed by atoms with Crippen LogP contribution in [0.3, 0.4) is 0 Å². The van der Waals surface area contributed by atoms with Gasteiger partial charge >= 0.3 is 0 Å². The van der Waals surface area contributed by atoms with Crippen molar-refractivity contribution in [2.75, 3.05) is 32.9 Å². The van der Waals surface area contributed by atoms with Gasteiger partial charge in [-0.05, 0) is 49.5 Å². The number of thiophene rings is 1. The molecule has 1 unspecified atom stereocenters. The summed E-state index contributed by atoms with van der Waals surface area (Å²) in [6, 6.07) is 2.12. The summed E-state index contributed by atoms with van der Waals surface area (Å²) in [6.45, 7) is 1.90. The monoisotopic (exact) mass is 270 g/mol. The Bertz CT molecular complexity index is 365. The second-order valence-corrected chi connectivity index (χ2v) is 6.31. The van der Waals surface area contributed by atoms with Crippen LogP contribution >= 0.6 is 23.1 Å². The Balaban J connectivity index is 1.95. The molecule has 0 radical (unpaired) electrons. The summed E-state index contributed by atoms with van der Waals surface area (Å²) in [5.74, 6) is 0.910. The second-order valence-electron chi connectivity index (χ2n) is 4.46. The highest BCUT2D eigenvalue weighted by Gasteiger charge is 2.32. The molecule has 94 valence electrons. The fourth-order valence-electron chi connectivity index (χ4n) is 1.94. The van der Waals surface area contributed by atoms with Gasteiger partial charge in [-0.15, -0.1) is 11.8 Å². The molecule has 2 heterocycles. The lowest BCUT2D eigenvalue weighted by atomic mass is 10.3. The fraction of sp³-hybridized carbons (Fsp3) is 0.583. The molecule has 0 spiro atoms. The lowest BCUT2D eigenvalue weighted by Crippen LogP contribution is -2.30. The molecule has 1 aliphatic rings. The summed E-state index contributed by atoms with van der Waals surface area (Å²) in [5, 5.41) is 4.47. The molecule has 1 atom stereocenters. The number of amides is 1. The van der Waals surface area contributed by atoms with Crippen LogP contribution in [0.5, 0.6) is 0 Å². The standard InChI is InChI=1S/C12H18N2OS2/c1-13(2)5-3-6-14-11(15)9-17-12(14)10-4-7-16-8-10/h4,7-8,12H,3,5-6,9H2,1-2H3. The quantitative estimate of drug-likeness (QED) is 0.820. The molecule has 17 heavy (non-hydrogen) atoms. The van der Waals surface area contributed by atoms with E-state index in [4.69, 9.17) is 0 Å². The van der Waals surface area contributed by atoms with Gasteiger partial charge in [0.15, 0.2) is 0 Å². The summed E-state index contributed by atoms with van der Waals surface area (Å²) in [4.78, 5) is 16.0. The van der Waals surface area contributed by atoms with E-state index in [1.165, 1.54) is 5.56 Å². The smallest absolute Gasteiger partial charge is 0.233 e. The van der Waals surface area contributed by atoms with E-state index in [2.05, 4.69) is 35.8 Å². The number of hydrogen-bond acceptors (Lipinski definition) is 4. The molecule has 0 aliphatic carbocycles. The predicted octanol–water partition coefficient (Wildman–Crippen LogP) is 2.27. The number of hydrogen-bond donors (Lipinski definition) is 0. The molecule has 5 heteroatoms. The van der Waals surface area contributed by atoms with Gasteiger partial charge in [-0.2, -0.15) is 11.3 Å². The van der Waals surface area contributed by atoms with Crippen LogP contribution in [0.15, 0.2) is 16.8 Å². The number of rotatable bonds is 5. The molecule has 0 aromatic carbocycles. The minimum atomic E-state index is 0.246. The summed E-state index contributed by atoms with van der Waals surface area (Å²) < 4.78 is 0. The third-order valence-corrected chi connectivity index (χ3v) is 4.76. The van der Waals surface area contributed by atoms with Gasteiger partial charge in [0, 0.05) is 6.54 Å². The van der Waals surface area contributed by atoms with Gasteiger partial charge in [-0.25, -0.2) is 0 Å². The molecule has 1 aliphatic heterocycles. The van der Waals surface area contributed by atoms with E-state index < -0.39 is 0 Å². The molecule has 1 amide bonds. The summed E-state index contributed by atoms with van der Waals surface area (Å²) in [6.07, 6.45) is 1.04. The summed E-state index contributed by atoms with van der Waals surface area (Å²) in [7, 11) is 4.13. The second kappa shape index (κ2) is 5.89. The first-order chi connectivity index (χ1) is 8.18. The summed E-state index contributed by atoms with van der Waals surface area (Å²) >= 11 is 3.44. The lowest BCUT2D eigenvalue weighted by Gasteiger charge is -2.24. The van der Waals surface area contributed by atoms with Crippen molar-refractivity contribution in [1.82, 2.24) is 9.80 Å². The molecular formula is C12H18N2OS2. The highest BCUT2D eigenvalue weighted by atomic mass is 32.2. The van der Waals surface area contributed by atoms with E-state index in [9.17, 15) is 4.79 Å². The predicted molar refractivity (Wildman–Crippen MR) is 74.4 cm³/mol. The number of thioether (sulfide) groups is 1. The fourth-order valence-corrected chi connectivity index (χ4v) is 3.92. The number of nitrogens with zero attached hydrogens (tertiary/aromatic N) is 2. The molecule has 0 saturated carbocycles. The Hall–Kier alpha value is -0.520. The maximum atomic E-state index is 11.9. The Morgan fingerprint density at radius 2 is 2.35 bits per heavy atom. The van der Waals surface area contributed by atoms with E-state index in [1.54, 1.807) is 23.1 Å². The molecule has 0 bridgehead atoms. The maximum Gasteiger partial charge on any atom is 0.233 e. The van der Waals surface area contributed by atoms with Crippen molar-refractivity contribution in [2.24, 2.45) is 0 Å². The van der Waals surface area contributed by atoms with E-state index in [0.717, 1.165) is 19.5 Å². The van der Waals surface area contributed by atoms with Gasteiger partial charge in [-0.3, -0.25) is 4.79 Å². The SMILES string of the molecule is CN(C)CCCN1C(=O)CSC1c1ccsc1. The van der Waals surface area contributed by atoms with Crippen LogP contribution in [-0.4, -0.2) is 48.6 Å². The van der Waals surface area contributed by atoms with Gasteiger partial charge in [0.25, 0.3) is 0 Å². The average Bonchev–Trinajstić information content (AvgIpc) is 2.88. The van der Waals surface area contributed by atoms with Crippen LogP contribution in [0.4, 0.5) is 0 Å². The Morgan fingerprint density at radius 3 is 3.00 bits per heavy atom. The van der Waals surface area contributed by atoms with Crippen LogP contribution in [0, 0.1) is 0 Å². The molecule has 1 fully saturated rings. The zero-order valence-corrected chi connectivity index (χ0v) is 11.9. The Kier molecular flexibility index (Phi) is 4.48. The van der Waals surface area contributed by atoms with Crippen molar-refractivity contribution in [1.29, 1.82) is 0 Å². The molecule has 2 rings (SSSR count). The van der Waals surface area contributed by atoms with Gasteiger partial charge in [0.1, 0.15) is 5.37 Å². The van der Waals surface area contributed by atoms with Gasteiger partial charge < -0.3 is 9.80 Å². The molecule has 1 aromatic rings. The Labute approximate surface area is 111 Å². The Morgan fingerprint density at radius 1 is 1.53 bits per heavy atom. The zero-order chi connectivity index (χ0) is 12.3. The van der Waals surface area contributed by atoms with Crippen LogP contribution < -0.4 is 0 Å². The van der Waals surface area contributed by atoms with Crippen LogP contribution in [0.1, 0.15) is 17.4 Å². The largest absolute Gasteiger partial charge is 0.326 e. The third kappa shape index (κ3) is 3.24. The minimum absolute atomic E-state index is 0.246. The normalized spacial score (nSPS) is 20.5. The first-order valence-corrected chi connectivity index (χ1v) is 7.75. The van der Waals surface area contributed by atoms with E-state index in [0.29, 0.717) is 5.75 Å². The topological polar surface area (TPSA) is 23.6 Å². The third-order valence-electron chi connectivity index (χ3n) is 2.80. The van der Waals surface area contributed by atoms with E-state index in [-0.39, 0.29) is 11.3 Å². The molecular weight excluding hydrogens is 252 g/mol. The lowest BCUT2D eigenvalue weighted by molar-refractivity contribution is -0.128. The van der Waals surface area contributed by atoms with Crippen molar-refractivity contribution in [3.8, 4) is 0 Å².